The highest BCUT2D eigenvalue weighted by molar-refractivity contribution is 5.78. The Morgan fingerprint density at radius 1 is 0.952 bits per heavy atom. The van der Waals surface area contributed by atoms with E-state index in [1.54, 1.807) is 0 Å². The van der Waals surface area contributed by atoms with Crippen LogP contribution in [0.2, 0.25) is 0 Å². The van der Waals surface area contributed by atoms with Gasteiger partial charge in [-0.15, -0.1) is 0 Å². The molecule has 2 nitrogen and oxygen atoms in total. The Morgan fingerprint density at radius 2 is 1.62 bits per heavy atom. The molecule has 0 radical (unpaired) electrons. The third-order valence-electron chi connectivity index (χ3n) is 3.91. The van der Waals surface area contributed by atoms with Crippen LogP contribution < -0.4 is 4.74 Å². The van der Waals surface area contributed by atoms with Crippen LogP contribution in [0.5, 0.6) is 5.75 Å². The molecular weight excluding hydrogens is 260 g/mol. The first kappa shape index (κ1) is 17.7. The summed E-state index contributed by atoms with van der Waals surface area (Å²) in [6.07, 6.45) is 12.2. The van der Waals surface area contributed by atoms with Crippen molar-refractivity contribution in [2.75, 3.05) is 6.61 Å². The van der Waals surface area contributed by atoms with Crippen molar-refractivity contribution >= 4 is 6.29 Å². The van der Waals surface area contributed by atoms with Gasteiger partial charge in [-0.3, -0.25) is 4.79 Å². The third-order valence-corrected chi connectivity index (χ3v) is 3.91. The van der Waals surface area contributed by atoms with Crippen LogP contribution in [-0.4, -0.2) is 12.9 Å². The summed E-state index contributed by atoms with van der Waals surface area (Å²) in [6, 6.07) is 5.72. The zero-order valence-electron chi connectivity index (χ0n) is 13.7. The Labute approximate surface area is 129 Å². The quantitative estimate of drug-likeness (QED) is 0.371. The molecule has 0 aliphatic heterocycles. The van der Waals surface area contributed by atoms with E-state index in [9.17, 15) is 4.79 Å². The van der Waals surface area contributed by atoms with Crippen LogP contribution in [0.1, 0.15) is 81.1 Å². The number of hydrogen-bond donors (Lipinski definition) is 0. The van der Waals surface area contributed by atoms with E-state index in [2.05, 4.69) is 13.8 Å². The van der Waals surface area contributed by atoms with E-state index in [1.807, 2.05) is 18.2 Å². The summed E-state index contributed by atoms with van der Waals surface area (Å²) in [6.45, 7) is 5.07. The minimum absolute atomic E-state index is 0.754. The predicted molar refractivity (Wildman–Crippen MR) is 89.3 cm³/mol. The maximum absolute atomic E-state index is 11.0. The smallest absolute Gasteiger partial charge is 0.150 e. The molecule has 0 saturated carbocycles. The van der Waals surface area contributed by atoms with E-state index in [1.165, 1.54) is 44.9 Å². The molecule has 0 saturated heterocycles. The van der Waals surface area contributed by atoms with E-state index in [0.29, 0.717) is 0 Å². The molecule has 0 aromatic heterocycles. The second kappa shape index (κ2) is 11.4. The molecule has 0 bridgehead atoms. The second-order valence-electron chi connectivity index (χ2n) is 5.62. The van der Waals surface area contributed by atoms with Gasteiger partial charge in [0.2, 0.25) is 0 Å². The lowest BCUT2D eigenvalue weighted by molar-refractivity contribution is 0.112. The lowest BCUT2D eigenvalue weighted by Crippen LogP contribution is -2.02. The Bertz CT molecular complexity index is 399. The number of benzene rings is 1. The fourth-order valence-electron chi connectivity index (χ4n) is 2.62. The van der Waals surface area contributed by atoms with Gasteiger partial charge in [0.25, 0.3) is 0 Å². The van der Waals surface area contributed by atoms with Gasteiger partial charge in [-0.25, -0.2) is 0 Å². The van der Waals surface area contributed by atoms with Crippen molar-refractivity contribution < 1.29 is 9.53 Å². The van der Waals surface area contributed by atoms with Crippen LogP contribution in [0.4, 0.5) is 0 Å². The maximum Gasteiger partial charge on any atom is 0.150 e. The third kappa shape index (κ3) is 6.79. The number of aldehydes is 1. The molecule has 1 aromatic rings. The Kier molecular flexibility index (Phi) is 9.60. The van der Waals surface area contributed by atoms with Crippen LogP contribution >= 0.6 is 0 Å². The summed E-state index contributed by atoms with van der Waals surface area (Å²) in [4.78, 5) is 11.0. The van der Waals surface area contributed by atoms with Gasteiger partial charge >= 0.3 is 0 Å². The van der Waals surface area contributed by atoms with Crippen LogP contribution in [0.25, 0.3) is 0 Å². The summed E-state index contributed by atoms with van der Waals surface area (Å²) in [7, 11) is 0. The molecule has 0 aliphatic rings. The van der Waals surface area contributed by atoms with E-state index in [-0.39, 0.29) is 0 Å². The van der Waals surface area contributed by atoms with Crippen LogP contribution in [0.3, 0.4) is 0 Å². The van der Waals surface area contributed by atoms with Crippen molar-refractivity contribution in [3.63, 3.8) is 0 Å². The largest absolute Gasteiger partial charge is 0.493 e. The molecule has 0 atom stereocenters. The van der Waals surface area contributed by atoms with Crippen LogP contribution in [0, 0.1) is 0 Å². The zero-order valence-corrected chi connectivity index (χ0v) is 13.7. The second-order valence-corrected chi connectivity index (χ2v) is 5.62. The van der Waals surface area contributed by atoms with Crippen molar-refractivity contribution in [3.05, 3.63) is 29.3 Å². The van der Waals surface area contributed by atoms with Gasteiger partial charge in [0, 0.05) is 11.1 Å². The van der Waals surface area contributed by atoms with Crippen molar-refractivity contribution in [2.24, 2.45) is 0 Å². The van der Waals surface area contributed by atoms with E-state index >= 15 is 0 Å². The van der Waals surface area contributed by atoms with E-state index in [0.717, 1.165) is 42.6 Å². The molecule has 21 heavy (non-hydrogen) atoms. The number of rotatable bonds is 12. The fourth-order valence-corrected chi connectivity index (χ4v) is 2.62. The highest BCUT2D eigenvalue weighted by atomic mass is 16.5. The lowest BCUT2D eigenvalue weighted by Gasteiger charge is -2.12. The predicted octanol–water partition coefficient (Wildman–Crippen LogP) is 5.58. The van der Waals surface area contributed by atoms with Gasteiger partial charge in [-0.1, -0.05) is 70.9 Å². The Balaban J connectivity index is 2.19. The molecule has 0 spiro atoms. The molecule has 0 heterocycles. The number of hydrogen-bond acceptors (Lipinski definition) is 2. The molecule has 0 aliphatic carbocycles. The van der Waals surface area contributed by atoms with E-state index in [4.69, 9.17) is 4.74 Å². The summed E-state index contributed by atoms with van der Waals surface area (Å²) in [5.74, 6) is 0.880. The number of carbonyl (C=O) groups excluding carboxylic acids is 1. The summed E-state index contributed by atoms with van der Waals surface area (Å²) in [5.41, 5.74) is 1.79. The maximum atomic E-state index is 11.0. The van der Waals surface area contributed by atoms with Gasteiger partial charge in [0.15, 0.2) is 0 Å². The van der Waals surface area contributed by atoms with Crippen molar-refractivity contribution in [1.29, 1.82) is 0 Å². The van der Waals surface area contributed by atoms with Crippen LogP contribution in [0.15, 0.2) is 18.2 Å². The van der Waals surface area contributed by atoms with Gasteiger partial charge in [0.05, 0.1) is 6.61 Å². The monoisotopic (exact) mass is 290 g/mol. The molecule has 0 fully saturated rings. The lowest BCUT2D eigenvalue weighted by atomic mass is 10.1. The highest BCUT2D eigenvalue weighted by Gasteiger charge is 2.06. The normalized spacial score (nSPS) is 10.6. The van der Waals surface area contributed by atoms with Crippen LogP contribution in [-0.2, 0) is 6.42 Å². The minimum Gasteiger partial charge on any atom is -0.493 e. The molecule has 2 heteroatoms. The standard InChI is InChI=1S/C19H30O2/c1-3-5-6-7-8-9-10-11-15-21-19-14-12-13-17(16-20)18(19)4-2/h12-14,16H,3-11,15H2,1-2H3. The van der Waals surface area contributed by atoms with Gasteiger partial charge in [-0.05, 0) is 18.9 Å². The summed E-state index contributed by atoms with van der Waals surface area (Å²) < 4.78 is 5.86. The topological polar surface area (TPSA) is 26.3 Å². The number of carbonyl (C=O) groups is 1. The van der Waals surface area contributed by atoms with Gasteiger partial charge < -0.3 is 4.74 Å². The molecular formula is C19H30O2. The molecule has 0 N–H and O–H groups in total. The van der Waals surface area contributed by atoms with Crippen molar-refractivity contribution in [1.82, 2.24) is 0 Å². The highest BCUT2D eigenvalue weighted by Crippen LogP contribution is 2.22. The molecule has 1 aromatic carbocycles. The van der Waals surface area contributed by atoms with Crippen molar-refractivity contribution in [2.45, 2.75) is 71.6 Å². The molecule has 118 valence electrons. The SMILES string of the molecule is CCCCCCCCCCOc1cccc(C=O)c1CC. The first-order chi connectivity index (χ1) is 10.3. The fraction of sp³-hybridized carbons (Fsp3) is 0.632. The zero-order chi connectivity index (χ0) is 15.3. The first-order valence-electron chi connectivity index (χ1n) is 8.53. The average Bonchev–Trinajstić information content (AvgIpc) is 2.52. The van der Waals surface area contributed by atoms with E-state index < -0.39 is 0 Å². The first-order valence-corrected chi connectivity index (χ1v) is 8.53. The molecule has 0 amide bonds. The van der Waals surface area contributed by atoms with Gasteiger partial charge in [-0.2, -0.15) is 0 Å². The number of unbranched alkanes of at least 4 members (excludes halogenated alkanes) is 7. The number of ether oxygens (including phenoxy) is 1. The Morgan fingerprint density at radius 3 is 2.24 bits per heavy atom. The summed E-state index contributed by atoms with van der Waals surface area (Å²) in [5, 5.41) is 0. The van der Waals surface area contributed by atoms with Gasteiger partial charge in [0.1, 0.15) is 12.0 Å². The minimum atomic E-state index is 0.754. The molecule has 1 rings (SSSR count). The average molecular weight is 290 g/mol. The van der Waals surface area contributed by atoms with Crippen molar-refractivity contribution in [3.8, 4) is 5.75 Å². The summed E-state index contributed by atoms with van der Waals surface area (Å²) >= 11 is 0. The Hall–Kier alpha value is -1.31. The molecule has 0 unspecified atom stereocenters.